The number of aliphatic hydroxyl groups excluding tert-OH is 5. The predicted molar refractivity (Wildman–Crippen MR) is 43.7 cm³/mol. The zero-order valence-electron chi connectivity index (χ0n) is 6.80. The van der Waals surface area contributed by atoms with Crippen molar-refractivity contribution in [3.05, 3.63) is 0 Å². The van der Waals surface area contributed by atoms with E-state index in [1.807, 2.05) is 0 Å². The van der Waals surface area contributed by atoms with Gasteiger partial charge >= 0.3 is 0 Å². The van der Waals surface area contributed by atoms with Crippen LogP contribution in [0.2, 0.25) is 0 Å². The Labute approximate surface area is 130 Å². The minimum atomic E-state index is -1.49. The van der Waals surface area contributed by atoms with Gasteiger partial charge in [-0.3, -0.25) is 0 Å². The van der Waals surface area contributed by atoms with Gasteiger partial charge in [0.25, 0.3) is 0 Å². The average Bonchev–Trinajstić information content (AvgIpc) is 2.00. The van der Waals surface area contributed by atoms with Crippen molar-refractivity contribution in [1.82, 2.24) is 0 Å². The molecule has 0 aromatic heterocycles. The Hall–Kier alpha value is 2.32. The van der Waals surface area contributed by atoms with Crippen LogP contribution in [-0.2, 0) is 0 Å². The van der Waals surface area contributed by atoms with Gasteiger partial charge in [0.15, 0.2) is 0 Å². The zero-order valence-corrected chi connectivity index (χ0v) is 11.2. The van der Waals surface area contributed by atoms with E-state index in [4.69, 9.17) is 25.5 Å². The third-order valence-corrected chi connectivity index (χ3v) is 1.16. The van der Waals surface area contributed by atoms with Crippen molar-refractivity contribution in [2.45, 2.75) is 18.3 Å². The largest absolute Gasteiger partial charge is 0.394 e. The first-order valence-corrected chi connectivity index (χ1v) is 2.89. The first-order valence-electron chi connectivity index (χ1n) is 2.89. The molecule has 5 N–H and O–H groups in total. The van der Waals surface area contributed by atoms with Crippen molar-refractivity contribution < 1.29 is 25.5 Å². The van der Waals surface area contributed by atoms with Crippen LogP contribution in [0.5, 0.6) is 0 Å². The first kappa shape index (κ1) is 19.8. The molecule has 3 atom stereocenters. The molecule has 0 heterocycles. The second kappa shape index (κ2) is 11.4. The summed E-state index contributed by atoms with van der Waals surface area (Å²) in [5.41, 5.74) is 0. The minimum Gasteiger partial charge on any atom is -0.394 e. The molecular formula is C5H12Ca2O5. The molecular weight excluding hydrogens is 220 g/mol. The van der Waals surface area contributed by atoms with E-state index in [-0.39, 0.29) is 75.5 Å². The van der Waals surface area contributed by atoms with Crippen LogP contribution in [0, 0.1) is 0 Å². The van der Waals surface area contributed by atoms with Gasteiger partial charge in [0.05, 0.1) is 13.2 Å². The van der Waals surface area contributed by atoms with Crippen LogP contribution < -0.4 is 0 Å². The van der Waals surface area contributed by atoms with E-state index in [1.54, 1.807) is 0 Å². The van der Waals surface area contributed by atoms with Crippen LogP contribution in [-0.4, -0.2) is 133 Å². The van der Waals surface area contributed by atoms with E-state index in [0.29, 0.717) is 0 Å². The van der Waals surface area contributed by atoms with Crippen LogP contribution in [0.3, 0.4) is 0 Å². The second-order valence-electron chi connectivity index (χ2n) is 1.99. The van der Waals surface area contributed by atoms with Crippen LogP contribution in [0.4, 0.5) is 0 Å². The maximum Gasteiger partial charge on any atom is 0.110 e. The van der Waals surface area contributed by atoms with Gasteiger partial charge < -0.3 is 25.5 Å². The Morgan fingerprint density at radius 1 is 0.750 bits per heavy atom. The van der Waals surface area contributed by atoms with Crippen molar-refractivity contribution >= 4 is 75.5 Å². The molecule has 0 aliphatic carbocycles. The van der Waals surface area contributed by atoms with Crippen molar-refractivity contribution in [2.75, 3.05) is 13.2 Å². The molecule has 0 fully saturated rings. The molecule has 0 aliphatic rings. The fourth-order valence-electron chi connectivity index (χ4n) is 0.472. The molecule has 7 heteroatoms. The van der Waals surface area contributed by atoms with Gasteiger partial charge in [0, 0.05) is 75.5 Å². The third-order valence-electron chi connectivity index (χ3n) is 1.16. The Bertz CT molecular complexity index is 83.9. The van der Waals surface area contributed by atoms with Gasteiger partial charge in [0.1, 0.15) is 18.3 Å². The molecule has 66 valence electrons. The molecule has 0 spiro atoms. The predicted octanol–water partition coefficient (Wildman–Crippen LogP) is -3.71. The topological polar surface area (TPSA) is 101 Å². The molecule has 5 nitrogen and oxygen atoms in total. The Balaban J connectivity index is -0.000000405. The maximum atomic E-state index is 8.77. The fourth-order valence-corrected chi connectivity index (χ4v) is 0.472. The van der Waals surface area contributed by atoms with Crippen LogP contribution in [0.15, 0.2) is 0 Å². The van der Waals surface area contributed by atoms with E-state index >= 15 is 0 Å². The summed E-state index contributed by atoms with van der Waals surface area (Å²) in [6.07, 6.45) is -4.29. The summed E-state index contributed by atoms with van der Waals surface area (Å²) >= 11 is 0. The molecule has 0 saturated heterocycles. The van der Waals surface area contributed by atoms with E-state index in [9.17, 15) is 0 Å². The summed E-state index contributed by atoms with van der Waals surface area (Å²) in [5.74, 6) is 0. The molecule has 0 saturated carbocycles. The molecule has 0 aliphatic heterocycles. The molecule has 0 aromatic carbocycles. The van der Waals surface area contributed by atoms with Gasteiger partial charge in [-0.2, -0.15) is 0 Å². The van der Waals surface area contributed by atoms with Crippen molar-refractivity contribution in [3.8, 4) is 0 Å². The summed E-state index contributed by atoms with van der Waals surface area (Å²) in [4.78, 5) is 0. The summed E-state index contributed by atoms with van der Waals surface area (Å²) < 4.78 is 0. The van der Waals surface area contributed by atoms with Gasteiger partial charge in [-0.1, -0.05) is 0 Å². The Kier molecular flexibility index (Phi) is 18.8. The third kappa shape index (κ3) is 7.70. The summed E-state index contributed by atoms with van der Waals surface area (Å²) in [6.45, 7) is -1.28. The second-order valence-corrected chi connectivity index (χ2v) is 1.99. The minimum absolute atomic E-state index is 0. The van der Waals surface area contributed by atoms with E-state index in [2.05, 4.69) is 0 Å². The van der Waals surface area contributed by atoms with Gasteiger partial charge in [0.2, 0.25) is 0 Å². The first-order chi connectivity index (χ1) is 4.63. The SMILES string of the molecule is OC[C@@H](O)C(O)[C@@H](O)CO.[Ca].[Ca]. The van der Waals surface area contributed by atoms with E-state index < -0.39 is 31.5 Å². The summed E-state index contributed by atoms with van der Waals surface area (Å²) in [6, 6.07) is 0. The molecule has 4 radical (unpaired) electrons. The fraction of sp³-hybridized carbons (Fsp3) is 1.00. The van der Waals surface area contributed by atoms with E-state index in [0.717, 1.165) is 0 Å². The van der Waals surface area contributed by atoms with Crippen LogP contribution in [0.1, 0.15) is 0 Å². The number of rotatable bonds is 4. The Morgan fingerprint density at radius 3 is 1.17 bits per heavy atom. The zero-order chi connectivity index (χ0) is 8.15. The quantitative estimate of drug-likeness (QED) is 0.321. The molecule has 12 heavy (non-hydrogen) atoms. The number of hydrogen-bond acceptors (Lipinski definition) is 5. The van der Waals surface area contributed by atoms with Crippen LogP contribution in [0.25, 0.3) is 0 Å². The number of hydrogen-bond donors (Lipinski definition) is 5. The van der Waals surface area contributed by atoms with Crippen molar-refractivity contribution in [1.29, 1.82) is 0 Å². The molecule has 0 bridgehead atoms. The summed E-state index contributed by atoms with van der Waals surface area (Å²) in [5, 5.41) is 42.6. The van der Waals surface area contributed by atoms with Gasteiger partial charge in [-0.05, 0) is 0 Å². The van der Waals surface area contributed by atoms with E-state index in [1.165, 1.54) is 0 Å². The Morgan fingerprint density at radius 2 is 1.00 bits per heavy atom. The molecule has 0 amide bonds. The number of aliphatic hydroxyl groups is 5. The normalized spacial score (nSPS) is 16.8. The molecule has 1 unspecified atom stereocenters. The molecule has 0 rings (SSSR count). The molecule has 0 aromatic rings. The van der Waals surface area contributed by atoms with Crippen molar-refractivity contribution in [2.24, 2.45) is 0 Å². The van der Waals surface area contributed by atoms with Crippen molar-refractivity contribution in [3.63, 3.8) is 0 Å². The maximum absolute atomic E-state index is 8.77. The van der Waals surface area contributed by atoms with Crippen LogP contribution >= 0.6 is 0 Å². The average molecular weight is 232 g/mol. The van der Waals surface area contributed by atoms with Gasteiger partial charge in [-0.25, -0.2) is 0 Å². The standard InChI is InChI=1S/C5H12O5.2Ca/c6-1-3(8)5(10)4(9)2-7;;/h3-10H,1-2H2;;/t3-,4+,5?;;. The monoisotopic (exact) mass is 232 g/mol. The van der Waals surface area contributed by atoms with Gasteiger partial charge in [-0.15, -0.1) is 0 Å². The summed E-state index contributed by atoms with van der Waals surface area (Å²) in [7, 11) is 0. The smallest absolute Gasteiger partial charge is 0.110 e.